The van der Waals surface area contributed by atoms with Gasteiger partial charge in [-0.1, -0.05) is 6.07 Å². The molecule has 0 saturated carbocycles. The lowest BCUT2D eigenvalue weighted by Crippen LogP contribution is -2.14. The number of anilines is 3. The number of nitrogens with two attached hydrogens (primary N) is 2. The van der Waals surface area contributed by atoms with Gasteiger partial charge in [0.2, 0.25) is 0 Å². The molecule has 98 valence electrons. The van der Waals surface area contributed by atoms with Crippen molar-refractivity contribution in [3.8, 4) is 5.75 Å². The monoisotopic (exact) mass is 257 g/mol. The lowest BCUT2D eigenvalue weighted by molar-refractivity contribution is 0.102. The smallest absolute Gasteiger partial charge is 0.255 e. The Morgan fingerprint density at radius 3 is 2.42 bits per heavy atom. The fraction of sp³-hybridized carbons (Fsp3) is 0.0714. The van der Waals surface area contributed by atoms with Gasteiger partial charge in [-0.05, 0) is 36.4 Å². The summed E-state index contributed by atoms with van der Waals surface area (Å²) in [5.74, 6) is 0.250. The molecule has 0 saturated heterocycles. The maximum absolute atomic E-state index is 12.1. The predicted octanol–water partition coefficient (Wildman–Crippen LogP) is 2.11. The quantitative estimate of drug-likeness (QED) is 0.734. The van der Waals surface area contributed by atoms with Gasteiger partial charge in [0.15, 0.2) is 0 Å². The summed E-state index contributed by atoms with van der Waals surface area (Å²) in [5.41, 5.74) is 13.4. The zero-order valence-corrected chi connectivity index (χ0v) is 10.5. The van der Waals surface area contributed by atoms with Crippen molar-refractivity contribution in [2.75, 3.05) is 23.9 Å². The van der Waals surface area contributed by atoms with Crippen molar-refractivity contribution in [3.63, 3.8) is 0 Å². The Bertz CT molecular complexity index is 594. The van der Waals surface area contributed by atoms with Crippen LogP contribution < -0.4 is 21.5 Å². The minimum Gasteiger partial charge on any atom is -0.494 e. The van der Waals surface area contributed by atoms with E-state index in [1.807, 2.05) is 0 Å². The Kier molecular flexibility index (Phi) is 3.56. The molecule has 0 unspecified atom stereocenters. The molecule has 0 radical (unpaired) electrons. The number of benzene rings is 2. The third-order valence-electron chi connectivity index (χ3n) is 2.69. The van der Waals surface area contributed by atoms with Crippen molar-refractivity contribution in [1.29, 1.82) is 0 Å². The second-order valence-electron chi connectivity index (χ2n) is 4.00. The molecule has 2 rings (SSSR count). The highest BCUT2D eigenvalue weighted by atomic mass is 16.5. The Balaban J connectivity index is 2.26. The first-order valence-electron chi connectivity index (χ1n) is 5.71. The first-order chi connectivity index (χ1) is 9.11. The highest BCUT2D eigenvalue weighted by Gasteiger charge is 2.12. The molecule has 0 spiro atoms. The maximum Gasteiger partial charge on any atom is 0.255 e. The minimum absolute atomic E-state index is 0.267. The van der Waals surface area contributed by atoms with Gasteiger partial charge < -0.3 is 21.5 Å². The topological polar surface area (TPSA) is 90.4 Å². The average molecular weight is 257 g/mol. The highest BCUT2D eigenvalue weighted by Crippen LogP contribution is 2.30. The number of para-hydroxylation sites is 1. The van der Waals surface area contributed by atoms with Gasteiger partial charge in [0.25, 0.3) is 5.91 Å². The highest BCUT2D eigenvalue weighted by molar-refractivity contribution is 6.06. The molecule has 5 nitrogen and oxygen atoms in total. The van der Waals surface area contributed by atoms with Crippen LogP contribution in [0.1, 0.15) is 10.4 Å². The van der Waals surface area contributed by atoms with Crippen LogP contribution in [0.15, 0.2) is 42.5 Å². The minimum atomic E-state index is -0.267. The fourth-order valence-electron chi connectivity index (χ4n) is 1.67. The van der Waals surface area contributed by atoms with Gasteiger partial charge >= 0.3 is 0 Å². The van der Waals surface area contributed by atoms with Gasteiger partial charge in [0.05, 0.1) is 12.8 Å². The van der Waals surface area contributed by atoms with Crippen LogP contribution in [-0.4, -0.2) is 13.0 Å². The van der Waals surface area contributed by atoms with Crippen molar-refractivity contribution in [2.24, 2.45) is 0 Å². The average Bonchev–Trinajstić information content (AvgIpc) is 2.41. The van der Waals surface area contributed by atoms with E-state index in [1.165, 1.54) is 7.11 Å². The van der Waals surface area contributed by atoms with Crippen molar-refractivity contribution in [1.82, 2.24) is 0 Å². The van der Waals surface area contributed by atoms with Crippen LogP contribution in [0.25, 0.3) is 0 Å². The van der Waals surface area contributed by atoms with Gasteiger partial charge in [-0.25, -0.2) is 0 Å². The van der Waals surface area contributed by atoms with Crippen LogP contribution in [0.3, 0.4) is 0 Å². The van der Waals surface area contributed by atoms with Crippen molar-refractivity contribution < 1.29 is 9.53 Å². The molecular formula is C14H15N3O2. The van der Waals surface area contributed by atoms with Gasteiger partial charge in [-0.15, -0.1) is 0 Å². The van der Waals surface area contributed by atoms with Gasteiger partial charge in [-0.2, -0.15) is 0 Å². The van der Waals surface area contributed by atoms with Crippen molar-refractivity contribution in [3.05, 3.63) is 48.0 Å². The number of methoxy groups -OCH3 is 1. The van der Waals surface area contributed by atoms with E-state index >= 15 is 0 Å². The maximum atomic E-state index is 12.1. The summed E-state index contributed by atoms with van der Waals surface area (Å²) in [4.78, 5) is 12.1. The standard InChI is InChI=1S/C14H15N3O2/c1-19-12-4-2-3-11(16)13(12)17-14(18)9-5-7-10(15)8-6-9/h2-8H,15-16H2,1H3,(H,17,18). The largest absolute Gasteiger partial charge is 0.494 e. The lowest BCUT2D eigenvalue weighted by atomic mass is 10.2. The number of nitrogen functional groups attached to an aromatic ring is 2. The van der Waals surface area contributed by atoms with E-state index in [0.29, 0.717) is 28.4 Å². The van der Waals surface area contributed by atoms with E-state index in [1.54, 1.807) is 42.5 Å². The zero-order chi connectivity index (χ0) is 13.8. The van der Waals surface area contributed by atoms with E-state index in [2.05, 4.69) is 5.32 Å². The molecule has 5 N–H and O–H groups in total. The molecule has 5 heteroatoms. The molecule has 0 aliphatic carbocycles. The Morgan fingerprint density at radius 1 is 1.11 bits per heavy atom. The van der Waals surface area contributed by atoms with Crippen LogP contribution in [0, 0.1) is 0 Å². The third kappa shape index (κ3) is 2.77. The summed E-state index contributed by atoms with van der Waals surface area (Å²) in [5, 5.41) is 2.74. The van der Waals surface area contributed by atoms with Gasteiger partial charge in [0.1, 0.15) is 11.4 Å². The molecule has 19 heavy (non-hydrogen) atoms. The summed E-state index contributed by atoms with van der Waals surface area (Å²) in [6.45, 7) is 0. The molecule has 2 aromatic rings. The van der Waals surface area contributed by atoms with E-state index < -0.39 is 0 Å². The van der Waals surface area contributed by atoms with E-state index in [0.717, 1.165) is 0 Å². The third-order valence-corrected chi connectivity index (χ3v) is 2.69. The molecule has 0 aromatic heterocycles. The zero-order valence-electron chi connectivity index (χ0n) is 10.5. The molecule has 0 bridgehead atoms. The van der Waals surface area contributed by atoms with Gasteiger partial charge in [0, 0.05) is 11.3 Å². The lowest BCUT2D eigenvalue weighted by Gasteiger charge is -2.12. The van der Waals surface area contributed by atoms with Crippen LogP contribution in [0.4, 0.5) is 17.1 Å². The summed E-state index contributed by atoms with van der Waals surface area (Å²) < 4.78 is 5.17. The van der Waals surface area contributed by atoms with Gasteiger partial charge in [-0.3, -0.25) is 4.79 Å². The normalized spacial score (nSPS) is 9.95. The molecule has 0 heterocycles. The number of nitrogens with one attached hydrogen (secondary N) is 1. The van der Waals surface area contributed by atoms with Crippen LogP contribution in [-0.2, 0) is 0 Å². The number of hydrogen-bond acceptors (Lipinski definition) is 4. The molecule has 1 amide bonds. The second-order valence-corrected chi connectivity index (χ2v) is 4.00. The first-order valence-corrected chi connectivity index (χ1v) is 5.71. The SMILES string of the molecule is COc1cccc(N)c1NC(=O)c1ccc(N)cc1. The van der Waals surface area contributed by atoms with Crippen molar-refractivity contribution >= 4 is 23.0 Å². The Morgan fingerprint density at radius 2 is 1.79 bits per heavy atom. The summed E-state index contributed by atoms with van der Waals surface area (Å²) in [6.07, 6.45) is 0. The molecule has 0 atom stereocenters. The first kappa shape index (κ1) is 12.8. The molecule has 0 aliphatic rings. The van der Waals surface area contributed by atoms with Crippen LogP contribution >= 0.6 is 0 Å². The number of amides is 1. The Hall–Kier alpha value is -2.69. The number of carbonyl (C=O) groups is 1. The van der Waals surface area contributed by atoms with Crippen LogP contribution in [0.2, 0.25) is 0 Å². The number of carbonyl (C=O) groups excluding carboxylic acids is 1. The molecule has 0 aliphatic heterocycles. The number of ether oxygens (including phenoxy) is 1. The number of hydrogen-bond donors (Lipinski definition) is 3. The summed E-state index contributed by atoms with van der Waals surface area (Å²) in [7, 11) is 1.52. The second kappa shape index (κ2) is 5.30. The molecule has 0 fully saturated rings. The van der Waals surface area contributed by atoms with Crippen molar-refractivity contribution in [2.45, 2.75) is 0 Å². The predicted molar refractivity (Wildman–Crippen MR) is 76.2 cm³/mol. The fourth-order valence-corrected chi connectivity index (χ4v) is 1.67. The van der Waals surface area contributed by atoms with E-state index in [4.69, 9.17) is 16.2 Å². The summed E-state index contributed by atoms with van der Waals surface area (Å²) >= 11 is 0. The van der Waals surface area contributed by atoms with Crippen LogP contribution in [0.5, 0.6) is 5.75 Å². The number of rotatable bonds is 3. The van der Waals surface area contributed by atoms with E-state index in [9.17, 15) is 4.79 Å². The van der Waals surface area contributed by atoms with E-state index in [-0.39, 0.29) is 5.91 Å². The molecule has 2 aromatic carbocycles. The molecular weight excluding hydrogens is 242 g/mol. The Labute approximate surface area is 111 Å². The summed E-state index contributed by atoms with van der Waals surface area (Å²) in [6, 6.07) is 11.8.